The zero-order chi connectivity index (χ0) is 12.5. The van der Waals surface area contributed by atoms with Crippen LogP contribution in [0.25, 0.3) is 0 Å². The largest absolute Gasteiger partial charge is 0.464 e. The maximum Gasteiger partial charge on any atom is 0.284 e. The normalized spacial score (nSPS) is 11.3. The smallest absolute Gasteiger partial charge is 0.284 e. The quantitative estimate of drug-likeness (QED) is 0.699. The maximum atomic E-state index is 12.0. The number of rotatable bonds is 9. The summed E-state index contributed by atoms with van der Waals surface area (Å²) in [6.07, 6.45) is 3.20. The highest BCUT2D eigenvalue weighted by Gasteiger charge is 2.06. The van der Waals surface area contributed by atoms with Gasteiger partial charge >= 0.3 is 0 Å². The minimum absolute atomic E-state index is 0.226. The molecular formula is C11H17F2NOS2. The van der Waals surface area contributed by atoms with Gasteiger partial charge in [-0.3, -0.25) is 0 Å². The topological polar surface area (TPSA) is 25.2 Å². The molecule has 1 N–H and O–H groups in total. The summed E-state index contributed by atoms with van der Waals surface area (Å²) >= 11 is 2.41. The Labute approximate surface area is 109 Å². The van der Waals surface area contributed by atoms with E-state index in [1.807, 2.05) is 17.8 Å². The van der Waals surface area contributed by atoms with Crippen LogP contribution in [0.15, 0.2) is 16.5 Å². The highest BCUT2D eigenvalue weighted by Crippen LogP contribution is 2.21. The Kier molecular flexibility index (Phi) is 7.72. The van der Waals surface area contributed by atoms with Crippen LogP contribution in [-0.4, -0.2) is 24.3 Å². The SMILES string of the molecule is CSCCCNCc1ccc(CSC(F)F)o1. The van der Waals surface area contributed by atoms with Crippen molar-refractivity contribution in [1.29, 1.82) is 0 Å². The summed E-state index contributed by atoms with van der Waals surface area (Å²) < 4.78 is 29.3. The van der Waals surface area contributed by atoms with Crippen molar-refractivity contribution in [1.82, 2.24) is 5.32 Å². The van der Waals surface area contributed by atoms with E-state index in [2.05, 4.69) is 11.6 Å². The van der Waals surface area contributed by atoms with Gasteiger partial charge in [0.1, 0.15) is 11.5 Å². The average molecular weight is 281 g/mol. The lowest BCUT2D eigenvalue weighted by Crippen LogP contribution is -2.14. The first kappa shape index (κ1) is 14.9. The lowest BCUT2D eigenvalue weighted by atomic mass is 10.4. The molecule has 6 heteroatoms. The van der Waals surface area contributed by atoms with E-state index < -0.39 is 5.76 Å². The summed E-state index contributed by atoms with van der Waals surface area (Å²) in [5, 5.41) is 3.25. The Morgan fingerprint density at radius 3 is 2.82 bits per heavy atom. The third-order valence-electron chi connectivity index (χ3n) is 2.07. The van der Waals surface area contributed by atoms with Gasteiger partial charge < -0.3 is 9.73 Å². The van der Waals surface area contributed by atoms with E-state index in [0.29, 0.717) is 24.1 Å². The van der Waals surface area contributed by atoms with Crippen molar-refractivity contribution >= 4 is 23.5 Å². The molecule has 0 aliphatic rings. The molecule has 0 radical (unpaired) electrons. The van der Waals surface area contributed by atoms with Crippen LogP contribution in [-0.2, 0) is 12.3 Å². The fourth-order valence-corrected chi connectivity index (χ4v) is 2.17. The van der Waals surface area contributed by atoms with Crippen LogP contribution < -0.4 is 5.32 Å². The maximum absolute atomic E-state index is 12.0. The van der Waals surface area contributed by atoms with Crippen molar-refractivity contribution < 1.29 is 13.2 Å². The van der Waals surface area contributed by atoms with Gasteiger partial charge in [-0.2, -0.15) is 20.5 Å². The van der Waals surface area contributed by atoms with E-state index in [1.165, 1.54) is 0 Å². The van der Waals surface area contributed by atoms with Crippen LogP contribution in [0.1, 0.15) is 17.9 Å². The molecular weight excluding hydrogens is 264 g/mol. The first-order valence-corrected chi connectivity index (χ1v) is 7.83. The Bertz CT molecular complexity index is 307. The molecule has 0 saturated carbocycles. The molecule has 0 aromatic carbocycles. The molecule has 0 fully saturated rings. The van der Waals surface area contributed by atoms with E-state index in [-0.39, 0.29) is 5.75 Å². The van der Waals surface area contributed by atoms with Gasteiger partial charge in [-0.15, -0.1) is 0 Å². The monoisotopic (exact) mass is 281 g/mol. The Morgan fingerprint density at radius 2 is 2.12 bits per heavy atom. The van der Waals surface area contributed by atoms with Crippen molar-refractivity contribution in [2.24, 2.45) is 0 Å². The second-order valence-corrected chi connectivity index (χ2v) is 5.43. The molecule has 2 nitrogen and oxygen atoms in total. The highest BCUT2D eigenvalue weighted by molar-refractivity contribution is 7.98. The van der Waals surface area contributed by atoms with Crippen molar-refractivity contribution in [2.45, 2.75) is 24.5 Å². The van der Waals surface area contributed by atoms with Gasteiger partial charge in [-0.05, 0) is 37.1 Å². The standard InChI is InChI=1S/C11H17F2NOS2/c1-16-6-2-5-14-7-9-3-4-10(15-9)8-17-11(12)13/h3-4,11,14H,2,5-8H2,1H3. The van der Waals surface area contributed by atoms with Gasteiger partial charge in [0.25, 0.3) is 5.76 Å². The van der Waals surface area contributed by atoms with Gasteiger partial charge in [0, 0.05) is 0 Å². The molecule has 0 aliphatic carbocycles. The first-order chi connectivity index (χ1) is 8.22. The predicted molar refractivity (Wildman–Crippen MR) is 70.7 cm³/mol. The van der Waals surface area contributed by atoms with Crippen LogP contribution in [0.5, 0.6) is 0 Å². The molecule has 1 aromatic heterocycles. The zero-order valence-corrected chi connectivity index (χ0v) is 11.4. The average Bonchev–Trinajstić information content (AvgIpc) is 2.74. The molecule has 1 heterocycles. The Balaban J connectivity index is 2.17. The number of nitrogens with one attached hydrogen (secondary N) is 1. The minimum atomic E-state index is -2.34. The van der Waals surface area contributed by atoms with Crippen LogP contribution in [0.4, 0.5) is 8.78 Å². The molecule has 1 rings (SSSR count). The summed E-state index contributed by atoms with van der Waals surface area (Å²) in [6, 6.07) is 3.59. The number of hydrogen-bond acceptors (Lipinski definition) is 4. The van der Waals surface area contributed by atoms with E-state index in [0.717, 1.165) is 24.5 Å². The molecule has 0 amide bonds. The summed E-state index contributed by atoms with van der Waals surface area (Å²) in [6.45, 7) is 1.61. The van der Waals surface area contributed by atoms with Crippen molar-refractivity contribution in [2.75, 3.05) is 18.6 Å². The molecule has 1 aromatic rings. The number of alkyl halides is 2. The zero-order valence-electron chi connectivity index (χ0n) is 9.75. The molecule has 0 saturated heterocycles. The summed E-state index contributed by atoms with van der Waals surface area (Å²) in [5.74, 6) is 0.439. The number of furan rings is 1. The third-order valence-corrected chi connectivity index (χ3v) is 3.47. The molecule has 17 heavy (non-hydrogen) atoms. The second-order valence-electron chi connectivity index (χ2n) is 3.46. The van der Waals surface area contributed by atoms with E-state index in [4.69, 9.17) is 4.42 Å². The van der Waals surface area contributed by atoms with Crippen molar-refractivity contribution in [3.63, 3.8) is 0 Å². The summed E-state index contributed by atoms with van der Waals surface area (Å²) in [4.78, 5) is 0. The molecule has 0 bridgehead atoms. The lowest BCUT2D eigenvalue weighted by molar-refractivity contribution is 0.251. The minimum Gasteiger partial charge on any atom is -0.464 e. The van der Waals surface area contributed by atoms with Gasteiger partial charge in [-0.1, -0.05) is 11.8 Å². The Hall–Kier alpha value is -0.200. The van der Waals surface area contributed by atoms with Crippen LogP contribution in [0, 0.1) is 0 Å². The summed E-state index contributed by atoms with van der Waals surface area (Å²) in [7, 11) is 0. The van der Waals surface area contributed by atoms with E-state index >= 15 is 0 Å². The lowest BCUT2D eigenvalue weighted by Gasteiger charge is -2.01. The molecule has 0 unspecified atom stereocenters. The fourth-order valence-electron chi connectivity index (χ4n) is 1.29. The number of halogens is 2. The predicted octanol–water partition coefficient (Wildman–Crippen LogP) is 3.58. The van der Waals surface area contributed by atoms with Gasteiger partial charge in [0.2, 0.25) is 0 Å². The third kappa shape index (κ3) is 6.95. The van der Waals surface area contributed by atoms with Crippen LogP contribution >= 0.6 is 23.5 Å². The van der Waals surface area contributed by atoms with Gasteiger partial charge in [0.05, 0.1) is 12.3 Å². The highest BCUT2D eigenvalue weighted by atomic mass is 32.2. The van der Waals surface area contributed by atoms with Crippen molar-refractivity contribution in [3.05, 3.63) is 23.7 Å². The van der Waals surface area contributed by atoms with Gasteiger partial charge in [-0.25, -0.2) is 0 Å². The fraction of sp³-hybridized carbons (Fsp3) is 0.636. The van der Waals surface area contributed by atoms with Crippen LogP contribution in [0.2, 0.25) is 0 Å². The molecule has 98 valence electrons. The van der Waals surface area contributed by atoms with Gasteiger partial charge in [0.15, 0.2) is 0 Å². The number of thioether (sulfide) groups is 2. The number of hydrogen-bond donors (Lipinski definition) is 1. The second kappa shape index (κ2) is 8.83. The van der Waals surface area contributed by atoms with E-state index in [1.54, 1.807) is 6.07 Å². The Morgan fingerprint density at radius 1 is 1.35 bits per heavy atom. The molecule has 0 spiro atoms. The molecule has 0 aliphatic heterocycles. The first-order valence-electron chi connectivity index (χ1n) is 5.39. The summed E-state index contributed by atoms with van der Waals surface area (Å²) in [5.41, 5.74) is 0. The van der Waals surface area contributed by atoms with E-state index in [9.17, 15) is 8.78 Å². The molecule has 0 atom stereocenters. The van der Waals surface area contributed by atoms with Crippen molar-refractivity contribution in [3.8, 4) is 0 Å². The van der Waals surface area contributed by atoms with Crippen LogP contribution in [0.3, 0.4) is 0 Å².